The number of hydrogen-bond donors (Lipinski definition) is 2. The number of para-hydroxylation sites is 2. The van der Waals surface area contributed by atoms with Crippen LogP contribution in [-0.4, -0.2) is 29.8 Å². The molecule has 2 N–H and O–H groups in total. The van der Waals surface area contributed by atoms with Crippen molar-refractivity contribution < 1.29 is 14.5 Å². The Bertz CT molecular complexity index is 919. The molecule has 0 unspecified atom stereocenters. The maximum Gasteiger partial charge on any atom is 0.292 e. The minimum atomic E-state index is -0.389. The van der Waals surface area contributed by atoms with Crippen molar-refractivity contribution in [2.45, 2.75) is 33.1 Å². The summed E-state index contributed by atoms with van der Waals surface area (Å²) in [5.41, 5.74) is 6.74. The van der Waals surface area contributed by atoms with Crippen molar-refractivity contribution in [1.29, 1.82) is 0 Å². The van der Waals surface area contributed by atoms with Crippen LogP contribution in [0.1, 0.15) is 39.9 Å². The highest BCUT2D eigenvalue weighted by atomic mass is 32.1. The van der Waals surface area contributed by atoms with Gasteiger partial charge in [-0.25, -0.2) is 0 Å². The summed E-state index contributed by atoms with van der Waals surface area (Å²) in [5, 5.41) is 11.2. The van der Waals surface area contributed by atoms with Crippen LogP contribution in [0.3, 0.4) is 0 Å². The number of nitro benzene ring substituents is 1. The number of piperidine rings is 1. The fourth-order valence-electron chi connectivity index (χ4n) is 3.53. The van der Waals surface area contributed by atoms with Crippen LogP contribution in [0.15, 0.2) is 30.3 Å². The third-order valence-corrected chi connectivity index (χ3v) is 6.53. The molecule has 2 amide bonds. The summed E-state index contributed by atoms with van der Waals surface area (Å²) in [5.74, 6) is -0.793. The van der Waals surface area contributed by atoms with Crippen LogP contribution in [0.5, 0.6) is 0 Å². The van der Waals surface area contributed by atoms with Crippen LogP contribution in [0.4, 0.5) is 11.4 Å². The van der Waals surface area contributed by atoms with E-state index in [2.05, 4.69) is 10.9 Å². The summed E-state index contributed by atoms with van der Waals surface area (Å²) in [4.78, 5) is 39.2. The first-order valence-electron chi connectivity index (χ1n) is 9.58. The summed E-state index contributed by atoms with van der Waals surface area (Å²) in [6.45, 7) is 5.09. The summed E-state index contributed by atoms with van der Waals surface area (Å²) < 4.78 is 0. The molecule has 0 saturated carbocycles. The highest BCUT2D eigenvalue weighted by molar-refractivity contribution is 7.14. The Morgan fingerprint density at radius 1 is 1.24 bits per heavy atom. The first kappa shape index (κ1) is 20.8. The van der Waals surface area contributed by atoms with Gasteiger partial charge < -0.3 is 4.90 Å². The molecule has 0 spiro atoms. The van der Waals surface area contributed by atoms with E-state index in [4.69, 9.17) is 0 Å². The summed E-state index contributed by atoms with van der Waals surface area (Å²) in [6.07, 6.45) is 1.99. The van der Waals surface area contributed by atoms with Gasteiger partial charge >= 0.3 is 0 Å². The third-order valence-electron chi connectivity index (χ3n) is 5.15. The van der Waals surface area contributed by atoms with Crippen molar-refractivity contribution in [3.8, 4) is 0 Å². The monoisotopic (exact) mass is 416 g/mol. The van der Waals surface area contributed by atoms with Crippen LogP contribution in [0, 0.1) is 23.0 Å². The Morgan fingerprint density at radius 3 is 2.55 bits per heavy atom. The molecule has 9 heteroatoms. The number of nitro groups is 1. The summed E-state index contributed by atoms with van der Waals surface area (Å²) in [7, 11) is 0. The van der Waals surface area contributed by atoms with Crippen LogP contribution in [-0.2, 0) is 11.2 Å². The molecule has 29 heavy (non-hydrogen) atoms. The Labute approximate surface area is 173 Å². The molecule has 8 nitrogen and oxygen atoms in total. The molecule has 2 aromatic rings. The second-order valence-corrected chi connectivity index (χ2v) is 8.16. The van der Waals surface area contributed by atoms with Crippen LogP contribution < -0.4 is 15.8 Å². The van der Waals surface area contributed by atoms with Gasteiger partial charge in [0.05, 0.1) is 9.80 Å². The smallest absolute Gasteiger partial charge is 0.292 e. The Morgan fingerprint density at radius 2 is 1.93 bits per heavy atom. The molecule has 0 aliphatic carbocycles. The van der Waals surface area contributed by atoms with Crippen molar-refractivity contribution >= 4 is 34.5 Å². The first-order chi connectivity index (χ1) is 13.9. The molecule has 1 aliphatic heterocycles. The number of aryl methyl sites for hydroxylation is 2. The van der Waals surface area contributed by atoms with Gasteiger partial charge in [-0.05, 0) is 43.9 Å². The maximum absolute atomic E-state index is 12.4. The van der Waals surface area contributed by atoms with E-state index in [0.717, 1.165) is 16.9 Å². The van der Waals surface area contributed by atoms with E-state index in [-0.39, 0.29) is 28.3 Å². The standard InChI is InChI=1S/C20H24N4O4S/c1-3-17-13(2)12-18(29-17)20(26)22-21-19(25)14-8-10-23(11-9-14)15-6-4-5-7-16(15)24(27)28/h4-7,12,14H,3,8-11H2,1-2H3,(H,21,25)(H,22,26). The number of hydrazine groups is 1. The van der Waals surface area contributed by atoms with E-state index in [0.29, 0.717) is 36.5 Å². The van der Waals surface area contributed by atoms with Crippen molar-refractivity contribution in [3.63, 3.8) is 0 Å². The maximum atomic E-state index is 12.4. The number of nitrogens with one attached hydrogen (secondary N) is 2. The number of benzene rings is 1. The second kappa shape index (κ2) is 9.04. The number of hydrogen-bond acceptors (Lipinski definition) is 6. The zero-order chi connectivity index (χ0) is 21.0. The van der Waals surface area contributed by atoms with Gasteiger partial charge in [-0.1, -0.05) is 19.1 Å². The van der Waals surface area contributed by atoms with Crippen LogP contribution >= 0.6 is 11.3 Å². The topological polar surface area (TPSA) is 105 Å². The van der Waals surface area contributed by atoms with E-state index in [1.54, 1.807) is 18.2 Å². The zero-order valence-corrected chi connectivity index (χ0v) is 17.3. The Hall–Kier alpha value is -2.94. The number of rotatable bonds is 5. The van der Waals surface area contributed by atoms with Gasteiger partial charge in [-0.15, -0.1) is 11.3 Å². The molecule has 2 heterocycles. The molecule has 154 valence electrons. The van der Waals surface area contributed by atoms with Crippen molar-refractivity contribution in [1.82, 2.24) is 10.9 Å². The van der Waals surface area contributed by atoms with E-state index < -0.39 is 0 Å². The van der Waals surface area contributed by atoms with Gasteiger partial charge in [0.25, 0.3) is 11.6 Å². The van der Waals surface area contributed by atoms with Gasteiger partial charge in [-0.2, -0.15) is 0 Å². The largest absolute Gasteiger partial charge is 0.366 e. The lowest BCUT2D eigenvalue weighted by Crippen LogP contribution is -2.47. The molecule has 0 bridgehead atoms. The number of carbonyl (C=O) groups excluding carboxylic acids is 2. The van der Waals surface area contributed by atoms with Gasteiger partial charge in [0.1, 0.15) is 5.69 Å². The van der Waals surface area contributed by atoms with Gasteiger partial charge in [0, 0.05) is 30.0 Å². The number of amides is 2. The predicted octanol–water partition coefficient (Wildman–Crippen LogP) is 3.20. The highest BCUT2D eigenvalue weighted by Crippen LogP contribution is 2.31. The lowest BCUT2D eigenvalue weighted by Gasteiger charge is -2.32. The summed E-state index contributed by atoms with van der Waals surface area (Å²) >= 11 is 1.43. The van der Waals surface area contributed by atoms with E-state index in [9.17, 15) is 19.7 Å². The molecule has 3 rings (SSSR count). The normalized spacial score (nSPS) is 14.5. The van der Waals surface area contributed by atoms with Gasteiger partial charge in [0.2, 0.25) is 5.91 Å². The average molecular weight is 417 g/mol. The van der Waals surface area contributed by atoms with Crippen LogP contribution in [0.2, 0.25) is 0 Å². The number of nitrogens with zero attached hydrogens (tertiary/aromatic N) is 2. The molecule has 1 saturated heterocycles. The van der Waals surface area contributed by atoms with E-state index >= 15 is 0 Å². The molecule has 0 radical (unpaired) electrons. The molecule has 1 aromatic heterocycles. The predicted molar refractivity (Wildman–Crippen MR) is 112 cm³/mol. The van der Waals surface area contributed by atoms with E-state index in [1.807, 2.05) is 24.8 Å². The van der Waals surface area contributed by atoms with Crippen molar-refractivity contribution in [2.75, 3.05) is 18.0 Å². The molecule has 1 aliphatic rings. The Kier molecular flexibility index (Phi) is 6.48. The highest BCUT2D eigenvalue weighted by Gasteiger charge is 2.28. The zero-order valence-electron chi connectivity index (χ0n) is 16.4. The lowest BCUT2D eigenvalue weighted by atomic mass is 9.95. The summed E-state index contributed by atoms with van der Waals surface area (Å²) in [6, 6.07) is 8.46. The van der Waals surface area contributed by atoms with E-state index in [1.165, 1.54) is 17.4 Å². The fraction of sp³-hybridized carbons (Fsp3) is 0.400. The molecule has 1 aromatic carbocycles. The third kappa shape index (κ3) is 4.73. The second-order valence-electron chi connectivity index (χ2n) is 7.02. The van der Waals surface area contributed by atoms with Crippen molar-refractivity contribution in [2.24, 2.45) is 5.92 Å². The average Bonchev–Trinajstić information content (AvgIpc) is 3.12. The quantitative estimate of drug-likeness (QED) is 0.575. The lowest BCUT2D eigenvalue weighted by molar-refractivity contribution is -0.384. The minimum absolute atomic E-state index is 0.0698. The minimum Gasteiger partial charge on any atom is -0.366 e. The molecule has 0 atom stereocenters. The molecule has 1 fully saturated rings. The molecular weight excluding hydrogens is 392 g/mol. The SMILES string of the molecule is CCc1sc(C(=O)NNC(=O)C2CCN(c3ccccc3[N+](=O)[O-])CC2)cc1C. The van der Waals surface area contributed by atoms with Crippen molar-refractivity contribution in [3.05, 3.63) is 55.8 Å². The Balaban J connectivity index is 1.52. The number of thiophene rings is 1. The fourth-order valence-corrected chi connectivity index (χ4v) is 4.54. The van der Waals surface area contributed by atoms with Gasteiger partial charge in [0.15, 0.2) is 0 Å². The number of anilines is 1. The molecular formula is C20H24N4O4S. The number of carbonyl (C=O) groups is 2. The van der Waals surface area contributed by atoms with Crippen LogP contribution in [0.25, 0.3) is 0 Å². The van der Waals surface area contributed by atoms with Gasteiger partial charge in [-0.3, -0.25) is 30.6 Å². The first-order valence-corrected chi connectivity index (χ1v) is 10.4.